The van der Waals surface area contributed by atoms with Gasteiger partial charge in [0.1, 0.15) is 0 Å². The van der Waals surface area contributed by atoms with Gasteiger partial charge in [0.15, 0.2) is 11.5 Å². The molecule has 2 aromatic carbocycles. The molecule has 1 aliphatic heterocycles. The molecule has 3 aromatic rings. The van der Waals surface area contributed by atoms with Crippen LogP contribution in [-0.2, 0) is 11.2 Å². The van der Waals surface area contributed by atoms with Crippen LogP contribution in [0.3, 0.4) is 0 Å². The third kappa shape index (κ3) is 4.39. The fourth-order valence-electron chi connectivity index (χ4n) is 4.38. The van der Waals surface area contributed by atoms with E-state index < -0.39 is 12.0 Å². The summed E-state index contributed by atoms with van der Waals surface area (Å²) in [5.74, 6) is 0.290. The molecule has 170 valence electrons. The molecule has 7 heteroatoms. The van der Waals surface area contributed by atoms with Gasteiger partial charge in [-0.05, 0) is 41.5 Å². The number of pyridine rings is 1. The van der Waals surface area contributed by atoms with E-state index in [1.165, 1.54) is 0 Å². The van der Waals surface area contributed by atoms with Crippen LogP contribution in [0.5, 0.6) is 11.5 Å². The van der Waals surface area contributed by atoms with Gasteiger partial charge in [0, 0.05) is 37.5 Å². The summed E-state index contributed by atoms with van der Waals surface area (Å²) in [4.78, 5) is 32.7. The van der Waals surface area contributed by atoms with Crippen molar-refractivity contribution in [2.75, 3.05) is 27.8 Å². The molecule has 7 nitrogen and oxygen atoms in total. The lowest BCUT2D eigenvalue weighted by Crippen LogP contribution is -2.46. The van der Waals surface area contributed by atoms with Crippen LogP contribution in [-0.4, -0.2) is 49.5 Å². The van der Waals surface area contributed by atoms with Crippen molar-refractivity contribution >= 4 is 11.8 Å². The molecule has 1 N–H and O–H groups in total. The number of aromatic nitrogens is 1. The van der Waals surface area contributed by atoms with Crippen LogP contribution >= 0.6 is 0 Å². The lowest BCUT2D eigenvalue weighted by molar-refractivity contribution is -0.124. The Morgan fingerprint density at radius 1 is 1.03 bits per heavy atom. The molecule has 1 aromatic heterocycles. The average molecular weight is 446 g/mol. The van der Waals surface area contributed by atoms with E-state index in [4.69, 9.17) is 9.47 Å². The Hall–Kier alpha value is -3.87. The van der Waals surface area contributed by atoms with Crippen LogP contribution in [0.25, 0.3) is 0 Å². The smallest absolute Gasteiger partial charge is 0.254 e. The molecule has 2 atom stereocenters. The quantitative estimate of drug-likeness (QED) is 0.603. The van der Waals surface area contributed by atoms with Crippen LogP contribution < -0.4 is 14.8 Å². The van der Waals surface area contributed by atoms with Gasteiger partial charge in [-0.3, -0.25) is 14.6 Å². The molecule has 0 bridgehead atoms. The highest BCUT2D eigenvalue weighted by Gasteiger charge is 2.42. The van der Waals surface area contributed by atoms with Gasteiger partial charge in [-0.1, -0.05) is 30.3 Å². The van der Waals surface area contributed by atoms with Gasteiger partial charge in [-0.2, -0.15) is 0 Å². The zero-order valence-corrected chi connectivity index (χ0v) is 18.9. The predicted molar refractivity (Wildman–Crippen MR) is 125 cm³/mol. The number of likely N-dealkylation sites (N-methyl/N-ethyl adjacent to an activating group) is 1. The maximum absolute atomic E-state index is 13.5. The van der Waals surface area contributed by atoms with E-state index in [9.17, 15) is 9.59 Å². The molecule has 2 unspecified atom stereocenters. The molecular weight excluding hydrogens is 418 g/mol. The van der Waals surface area contributed by atoms with Crippen LogP contribution in [0.4, 0.5) is 0 Å². The Balaban J connectivity index is 1.69. The van der Waals surface area contributed by atoms with Crippen molar-refractivity contribution in [3.05, 3.63) is 89.2 Å². The first kappa shape index (κ1) is 22.3. The molecule has 0 saturated heterocycles. The SMILES string of the molecule is COc1ccc(C2C(C(=O)NCCc3ccccn3)c3ccccc3C(=O)N2C)cc1OC. The molecular formula is C26H27N3O4. The fraction of sp³-hybridized carbons (Fsp3) is 0.269. The molecule has 2 heterocycles. The summed E-state index contributed by atoms with van der Waals surface area (Å²) < 4.78 is 10.8. The normalized spacial score (nSPS) is 17.3. The molecule has 0 spiro atoms. The van der Waals surface area contributed by atoms with E-state index in [0.717, 1.165) is 16.8 Å². The number of carbonyl (C=O) groups excluding carboxylic acids is 2. The summed E-state index contributed by atoms with van der Waals surface area (Å²) in [7, 11) is 4.87. The molecule has 0 radical (unpaired) electrons. The summed E-state index contributed by atoms with van der Waals surface area (Å²) in [6, 6.07) is 18.0. The van der Waals surface area contributed by atoms with Crippen LogP contribution in [0.1, 0.15) is 39.1 Å². The third-order valence-corrected chi connectivity index (χ3v) is 6.02. The molecule has 2 amide bonds. The van der Waals surface area contributed by atoms with Gasteiger partial charge in [0.2, 0.25) is 5.91 Å². The second kappa shape index (κ2) is 9.73. The van der Waals surface area contributed by atoms with Gasteiger partial charge in [0.05, 0.1) is 26.2 Å². The highest BCUT2D eigenvalue weighted by atomic mass is 16.5. The van der Waals surface area contributed by atoms with E-state index in [2.05, 4.69) is 10.3 Å². The van der Waals surface area contributed by atoms with Crippen LogP contribution in [0.2, 0.25) is 0 Å². The molecule has 0 saturated carbocycles. The lowest BCUT2D eigenvalue weighted by Gasteiger charge is -2.40. The van der Waals surface area contributed by atoms with Crippen LogP contribution in [0.15, 0.2) is 66.9 Å². The number of hydrogen-bond acceptors (Lipinski definition) is 5. The van der Waals surface area contributed by atoms with E-state index in [-0.39, 0.29) is 11.8 Å². The minimum atomic E-state index is -0.578. The summed E-state index contributed by atoms with van der Waals surface area (Å²) >= 11 is 0. The largest absolute Gasteiger partial charge is 0.493 e. The first-order valence-corrected chi connectivity index (χ1v) is 10.8. The monoisotopic (exact) mass is 445 g/mol. The van der Waals surface area contributed by atoms with Crippen molar-refractivity contribution in [1.82, 2.24) is 15.2 Å². The standard InChI is InChI=1S/C26H27N3O4/c1-29-24(17-11-12-21(32-2)22(16-17)33-3)23(19-9-4-5-10-20(19)26(29)31)25(30)28-15-13-18-8-6-7-14-27-18/h4-12,14,16,23-24H,13,15H2,1-3H3,(H,28,30). The van der Waals surface area contributed by atoms with Crippen molar-refractivity contribution in [3.63, 3.8) is 0 Å². The van der Waals surface area contributed by atoms with Gasteiger partial charge in [-0.25, -0.2) is 0 Å². The van der Waals surface area contributed by atoms with Crippen molar-refractivity contribution in [2.45, 2.75) is 18.4 Å². The Kier molecular flexibility index (Phi) is 6.58. The summed E-state index contributed by atoms with van der Waals surface area (Å²) in [6.07, 6.45) is 2.36. The van der Waals surface area contributed by atoms with Gasteiger partial charge in [-0.15, -0.1) is 0 Å². The van der Waals surface area contributed by atoms with Gasteiger partial charge in [0.25, 0.3) is 5.91 Å². The highest BCUT2D eigenvalue weighted by molar-refractivity contribution is 6.01. The van der Waals surface area contributed by atoms with Crippen molar-refractivity contribution in [3.8, 4) is 11.5 Å². The van der Waals surface area contributed by atoms with E-state index in [1.54, 1.807) is 44.5 Å². The van der Waals surface area contributed by atoms with Crippen molar-refractivity contribution in [1.29, 1.82) is 0 Å². The number of nitrogens with one attached hydrogen (secondary N) is 1. The summed E-state index contributed by atoms with van der Waals surface area (Å²) in [5, 5.41) is 3.06. The number of ether oxygens (including phenoxy) is 2. The topological polar surface area (TPSA) is 80.8 Å². The molecule has 4 rings (SSSR count). The minimum absolute atomic E-state index is 0.122. The zero-order chi connectivity index (χ0) is 23.4. The zero-order valence-electron chi connectivity index (χ0n) is 18.9. The van der Waals surface area contributed by atoms with Crippen LogP contribution in [0, 0.1) is 0 Å². The first-order valence-electron chi connectivity index (χ1n) is 10.8. The second-order valence-electron chi connectivity index (χ2n) is 7.90. The molecule has 1 aliphatic rings. The summed E-state index contributed by atoms with van der Waals surface area (Å²) in [5.41, 5.74) is 2.96. The number of carbonyl (C=O) groups is 2. The van der Waals surface area contributed by atoms with Gasteiger partial charge >= 0.3 is 0 Å². The highest BCUT2D eigenvalue weighted by Crippen LogP contribution is 2.43. The predicted octanol–water partition coefficient (Wildman–Crippen LogP) is 3.37. The third-order valence-electron chi connectivity index (χ3n) is 6.02. The van der Waals surface area contributed by atoms with Crippen molar-refractivity contribution < 1.29 is 19.1 Å². The Morgan fingerprint density at radius 2 is 1.79 bits per heavy atom. The lowest BCUT2D eigenvalue weighted by atomic mass is 9.79. The first-order chi connectivity index (χ1) is 16.0. The van der Waals surface area contributed by atoms with Gasteiger partial charge < -0.3 is 19.7 Å². The second-order valence-corrected chi connectivity index (χ2v) is 7.90. The number of amides is 2. The number of nitrogens with zero attached hydrogens (tertiary/aromatic N) is 2. The van der Waals surface area contributed by atoms with E-state index in [1.807, 2.05) is 48.5 Å². The maximum Gasteiger partial charge on any atom is 0.254 e. The number of rotatable bonds is 7. The molecule has 0 aliphatic carbocycles. The minimum Gasteiger partial charge on any atom is -0.493 e. The Bertz CT molecular complexity index is 1150. The number of methoxy groups -OCH3 is 2. The van der Waals surface area contributed by atoms with E-state index >= 15 is 0 Å². The van der Waals surface area contributed by atoms with Crippen molar-refractivity contribution in [2.24, 2.45) is 0 Å². The average Bonchev–Trinajstić information content (AvgIpc) is 2.86. The molecule has 0 fully saturated rings. The Morgan fingerprint density at radius 3 is 2.52 bits per heavy atom. The number of benzene rings is 2. The fourth-order valence-corrected chi connectivity index (χ4v) is 4.38. The number of fused-ring (bicyclic) bond motifs is 1. The number of hydrogen-bond donors (Lipinski definition) is 1. The Labute approximate surface area is 193 Å². The molecule has 33 heavy (non-hydrogen) atoms. The summed E-state index contributed by atoms with van der Waals surface area (Å²) in [6.45, 7) is 0.449. The van der Waals surface area contributed by atoms with E-state index in [0.29, 0.717) is 30.0 Å². The maximum atomic E-state index is 13.5.